The molecule has 0 aliphatic carbocycles. The van der Waals surface area contributed by atoms with Crippen LogP contribution in [0.2, 0.25) is 5.15 Å². The van der Waals surface area contributed by atoms with E-state index >= 15 is 0 Å². The van der Waals surface area contributed by atoms with Gasteiger partial charge in [-0.3, -0.25) is 0 Å². The Hall–Kier alpha value is -1.52. The predicted octanol–water partition coefficient (Wildman–Crippen LogP) is 5.73. The predicted molar refractivity (Wildman–Crippen MR) is 89.9 cm³/mol. The summed E-state index contributed by atoms with van der Waals surface area (Å²) in [6.45, 7) is 4.04. The maximum Gasteiger partial charge on any atom is 0.152 e. The van der Waals surface area contributed by atoms with Crippen LogP contribution in [-0.4, -0.2) is 4.98 Å². The van der Waals surface area contributed by atoms with Gasteiger partial charge in [-0.05, 0) is 49.7 Å². The van der Waals surface area contributed by atoms with Gasteiger partial charge in [-0.25, -0.2) is 4.98 Å². The fourth-order valence-electron chi connectivity index (χ4n) is 2.23. The van der Waals surface area contributed by atoms with Crippen molar-refractivity contribution in [2.45, 2.75) is 19.9 Å². The number of nitrogens with one attached hydrogen (secondary N) is 1. The molecule has 2 heterocycles. The second kappa shape index (κ2) is 5.70. The van der Waals surface area contributed by atoms with Crippen molar-refractivity contribution < 1.29 is 4.42 Å². The van der Waals surface area contributed by atoms with Crippen molar-refractivity contribution in [3.05, 3.63) is 57.5 Å². The monoisotopic (exact) mass is 364 g/mol. The Morgan fingerprint density at radius 2 is 2.10 bits per heavy atom. The van der Waals surface area contributed by atoms with Gasteiger partial charge in [-0.15, -0.1) is 0 Å². The SMILES string of the molecule is Cc1ccnc(Cl)c1NC(C)c1cc2cc(Br)ccc2o1. The average molecular weight is 366 g/mol. The summed E-state index contributed by atoms with van der Waals surface area (Å²) < 4.78 is 6.93. The van der Waals surface area contributed by atoms with Crippen molar-refractivity contribution in [2.75, 3.05) is 5.32 Å². The number of hydrogen-bond acceptors (Lipinski definition) is 3. The summed E-state index contributed by atoms with van der Waals surface area (Å²) in [6, 6.07) is 9.93. The molecule has 0 aliphatic heterocycles. The van der Waals surface area contributed by atoms with E-state index in [2.05, 4.69) is 26.2 Å². The molecule has 108 valence electrons. The minimum Gasteiger partial charge on any atom is -0.459 e. The molecule has 1 unspecified atom stereocenters. The van der Waals surface area contributed by atoms with Crippen LogP contribution < -0.4 is 5.32 Å². The molecule has 0 aliphatic rings. The Labute approximate surface area is 136 Å². The van der Waals surface area contributed by atoms with Crippen LogP contribution in [0.25, 0.3) is 11.0 Å². The number of anilines is 1. The van der Waals surface area contributed by atoms with Crippen LogP contribution in [0.15, 0.2) is 45.4 Å². The van der Waals surface area contributed by atoms with Gasteiger partial charge in [0.05, 0.1) is 11.7 Å². The van der Waals surface area contributed by atoms with Crippen molar-refractivity contribution in [1.82, 2.24) is 4.98 Å². The zero-order chi connectivity index (χ0) is 15.0. The Morgan fingerprint density at radius 3 is 2.86 bits per heavy atom. The summed E-state index contributed by atoms with van der Waals surface area (Å²) >= 11 is 9.62. The van der Waals surface area contributed by atoms with E-state index in [0.29, 0.717) is 5.15 Å². The molecule has 0 amide bonds. The summed E-state index contributed by atoms with van der Waals surface area (Å²) in [4.78, 5) is 4.11. The lowest BCUT2D eigenvalue weighted by atomic mass is 10.2. The number of furan rings is 1. The van der Waals surface area contributed by atoms with Crippen LogP contribution in [-0.2, 0) is 0 Å². The molecule has 0 spiro atoms. The summed E-state index contributed by atoms with van der Waals surface area (Å²) in [5.41, 5.74) is 2.77. The van der Waals surface area contributed by atoms with Crippen molar-refractivity contribution >= 4 is 44.2 Å². The van der Waals surface area contributed by atoms with Crippen LogP contribution >= 0.6 is 27.5 Å². The Morgan fingerprint density at radius 1 is 1.29 bits per heavy atom. The van der Waals surface area contributed by atoms with Crippen LogP contribution in [0.1, 0.15) is 24.3 Å². The minimum atomic E-state index is -0.00317. The van der Waals surface area contributed by atoms with E-state index < -0.39 is 0 Å². The maximum absolute atomic E-state index is 6.15. The highest BCUT2D eigenvalue weighted by Gasteiger charge is 2.14. The number of pyridine rings is 1. The lowest BCUT2D eigenvalue weighted by Crippen LogP contribution is -2.07. The third kappa shape index (κ3) is 2.92. The first-order valence-corrected chi connectivity index (χ1v) is 7.78. The molecule has 1 aromatic carbocycles. The molecule has 0 radical (unpaired) electrons. The fourth-order valence-corrected chi connectivity index (χ4v) is 2.87. The molecule has 1 N–H and O–H groups in total. The number of nitrogens with zero attached hydrogens (tertiary/aromatic N) is 1. The molecule has 0 saturated heterocycles. The zero-order valence-electron chi connectivity index (χ0n) is 11.7. The number of benzene rings is 1. The highest BCUT2D eigenvalue weighted by molar-refractivity contribution is 9.10. The highest BCUT2D eigenvalue weighted by Crippen LogP contribution is 2.31. The third-order valence-electron chi connectivity index (χ3n) is 3.40. The molecule has 2 aromatic heterocycles. The van der Waals surface area contributed by atoms with Gasteiger partial charge in [-0.1, -0.05) is 27.5 Å². The van der Waals surface area contributed by atoms with E-state index in [1.54, 1.807) is 6.20 Å². The molecule has 0 fully saturated rings. The van der Waals surface area contributed by atoms with Gasteiger partial charge < -0.3 is 9.73 Å². The number of hydrogen-bond donors (Lipinski definition) is 1. The molecule has 3 nitrogen and oxygen atoms in total. The van der Waals surface area contributed by atoms with Gasteiger partial charge in [-0.2, -0.15) is 0 Å². The van der Waals surface area contributed by atoms with E-state index in [4.69, 9.17) is 16.0 Å². The Bertz CT molecular complexity index is 780. The van der Waals surface area contributed by atoms with Crippen molar-refractivity contribution in [3.8, 4) is 0 Å². The van der Waals surface area contributed by atoms with Gasteiger partial charge in [0, 0.05) is 16.1 Å². The average Bonchev–Trinajstić information content (AvgIpc) is 2.86. The standard InChI is InChI=1S/C16H14BrClN2O/c1-9-5-6-19-16(18)15(9)20-10(2)14-8-11-7-12(17)3-4-13(11)21-14/h3-8,10,20H,1-2H3. The fraction of sp³-hybridized carbons (Fsp3) is 0.188. The van der Waals surface area contributed by atoms with Gasteiger partial charge in [0.15, 0.2) is 5.15 Å². The summed E-state index contributed by atoms with van der Waals surface area (Å²) in [5.74, 6) is 0.863. The largest absolute Gasteiger partial charge is 0.459 e. The van der Waals surface area contributed by atoms with Crippen LogP contribution in [0.5, 0.6) is 0 Å². The molecular weight excluding hydrogens is 352 g/mol. The van der Waals surface area contributed by atoms with E-state index in [0.717, 1.165) is 32.5 Å². The summed E-state index contributed by atoms with van der Waals surface area (Å²) in [7, 11) is 0. The smallest absolute Gasteiger partial charge is 0.152 e. The number of rotatable bonds is 3. The van der Waals surface area contributed by atoms with Crippen LogP contribution in [0.3, 0.4) is 0 Å². The topological polar surface area (TPSA) is 38.1 Å². The van der Waals surface area contributed by atoms with Gasteiger partial charge in [0.2, 0.25) is 0 Å². The molecular formula is C16H14BrClN2O. The molecule has 3 aromatic rings. The van der Waals surface area contributed by atoms with Crippen LogP contribution in [0.4, 0.5) is 5.69 Å². The second-order valence-corrected chi connectivity index (χ2v) is 6.26. The number of halogens is 2. The van der Waals surface area contributed by atoms with Crippen molar-refractivity contribution in [2.24, 2.45) is 0 Å². The summed E-state index contributed by atoms with van der Waals surface area (Å²) in [5, 5.41) is 4.91. The lowest BCUT2D eigenvalue weighted by Gasteiger charge is -2.15. The molecule has 21 heavy (non-hydrogen) atoms. The molecule has 0 saturated carbocycles. The quantitative estimate of drug-likeness (QED) is 0.603. The van der Waals surface area contributed by atoms with Gasteiger partial charge in [0.1, 0.15) is 11.3 Å². The molecule has 1 atom stereocenters. The first kappa shape index (κ1) is 14.4. The number of aryl methyl sites for hydroxylation is 1. The number of aromatic nitrogens is 1. The third-order valence-corrected chi connectivity index (χ3v) is 4.18. The first-order chi connectivity index (χ1) is 10.0. The van der Waals surface area contributed by atoms with E-state index in [9.17, 15) is 0 Å². The van der Waals surface area contributed by atoms with Crippen molar-refractivity contribution in [1.29, 1.82) is 0 Å². The van der Waals surface area contributed by atoms with Gasteiger partial charge >= 0.3 is 0 Å². The van der Waals surface area contributed by atoms with E-state index in [1.807, 2.05) is 44.2 Å². The first-order valence-electron chi connectivity index (χ1n) is 6.61. The Balaban J connectivity index is 1.91. The minimum absolute atomic E-state index is 0.00317. The van der Waals surface area contributed by atoms with E-state index in [1.165, 1.54) is 0 Å². The molecule has 5 heteroatoms. The van der Waals surface area contributed by atoms with Crippen LogP contribution in [0, 0.1) is 6.92 Å². The van der Waals surface area contributed by atoms with Gasteiger partial charge in [0.25, 0.3) is 0 Å². The number of fused-ring (bicyclic) bond motifs is 1. The molecule has 0 bridgehead atoms. The van der Waals surface area contributed by atoms with E-state index in [-0.39, 0.29) is 6.04 Å². The maximum atomic E-state index is 6.15. The second-order valence-electron chi connectivity index (χ2n) is 4.99. The highest BCUT2D eigenvalue weighted by atomic mass is 79.9. The normalized spacial score (nSPS) is 12.6. The zero-order valence-corrected chi connectivity index (χ0v) is 14.0. The Kier molecular flexibility index (Phi) is 3.91. The van der Waals surface area contributed by atoms with Crippen molar-refractivity contribution in [3.63, 3.8) is 0 Å². The molecule has 3 rings (SSSR count). The summed E-state index contributed by atoms with van der Waals surface area (Å²) in [6.07, 6.45) is 1.70. The lowest BCUT2D eigenvalue weighted by molar-refractivity contribution is 0.526.